The number of hydrogen-bond acceptors (Lipinski definition) is 5. The number of halogens is 1. The van der Waals surface area contributed by atoms with Crippen LogP contribution in [0.1, 0.15) is 29.6 Å². The Morgan fingerprint density at radius 1 is 1.33 bits per heavy atom. The highest BCUT2D eigenvalue weighted by Crippen LogP contribution is 2.40. The van der Waals surface area contributed by atoms with E-state index in [4.69, 9.17) is 30.9 Å². The zero-order valence-corrected chi connectivity index (χ0v) is 13.8. The van der Waals surface area contributed by atoms with Crippen LogP contribution in [-0.4, -0.2) is 54.5 Å². The van der Waals surface area contributed by atoms with Crippen molar-refractivity contribution in [2.24, 2.45) is 0 Å². The van der Waals surface area contributed by atoms with Crippen molar-refractivity contribution in [1.29, 1.82) is 0 Å². The Kier molecular flexibility index (Phi) is 5.11. The number of carbonyl (C=O) groups excluding carboxylic acids is 1. The summed E-state index contributed by atoms with van der Waals surface area (Å²) < 4.78 is 16.1. The molecule has 24 heavy (non-hydrogen) atoms. The van der Waals surface area contributed by atoms with Crippen molar-refractivity contribution in [2.45, 2.75) is 25.4 Å². The molecular formula is C16H18ClNO6. The summed E-state index contributed by atoms with van der Waals surface area (Å²) in [4.78, 5) is 25.2. The first-order chi connectivity index (χ1) is 11.5. The van der Waals surface area contributed by atoms with Crippen molar-refractivity contribution in [3.63, 3.8) is 0 Å². The lowest BCUT2D eigenvalue weighted by atomic mass is 10.1. The van der Waals surface area contributed by atoms with Gasteiger partial charge in [0.2, 0.25) is 6.79 Å². The Labute approximate surface area is 144 Å². The average molecular weight is 356 g/mol. The third-order valence-electron chi connectivity index (χ3n) is 4.00. The highest BCUT2D eigenvalue weighted by molar-refractivity contribution is 6.32. The van der Waals surface area contributed by atoms with Gasteiger partial charge < -0.3 is 24.2 Å². The van der Waals surface area contributed by atoms with E-state index in [0.717, 1.165) is 12.8 Å². The predicted octanol–water partition coefficient (Wildman–Crippen LogP) is 2.16. The number of fused-ring (bicyclic) bond motifs is 1. The minimum atomic E-state index is -0.955. The molecule has 8 heteroatoms. The largest absolute Gasteiger partial charge is 0.481 e. The van der Waals surface area contributed by atoms with E-state index in [9.17, 15) is 9.59 Å². The molecule has 3 rings (SSSR count). The second-order valence-corrected chi connectivity index (χ2v) is 6.13. The van der Waals surface area contributed by atoms with Crippen molar-refractivity contribution in [3.05, 3.63) is 22.7 Å². The molecule has 1 amide bonds. The third kappa shape index (κ3) is 3.73. The number of benzene rings is 1. The molecule has 7 nitrogen and oxygen atoms in total. The quantitative estimate of drug-likeness (QED) is 0.841. The molecule has 1 fully saturated rings. The van der Waals surface area contributed by atoms with E-state index in [-0.39, 0.29) is 31.8 Å². The summed E-state index contributed by atoms with van der Waals surface area (Å²) in [5.41, 5.74) is 0.340. The van der Waals surface area contributed by atoms with E-state index in [0.29, 0.717) is 35.2 Å². The molecule has 0 radical (unpaired) electrons. The molecule has 1 N–H and O–H groups in total. The van der Waals surface area contributed by atoms with Crippen LogP contribution < -0.4 is 9.47 Å². The van der Waals surface area contributed by atoms with E-state index < -0.39 is 5.97 Å². The topological polar surface area (TPSA) is 85.3 Å². The first kappa shape index (κ1) is 16.9. The number of ether oxygens (including phenoxy) is 3. The van der Waals surface area contributed by atoms with Crippen LogP contribution >= 0.6 is 11.6 Å². The number of rotatable bonds is 6. The molecule has 1 atom stereocenters. The molecule has 0 spiro atoms. The van der Waals surface area contributed by atoms with Gasteiger partial charge in [0.05, 0.1) is 17.5 Å². The normalized spacial score (nSPS) is 18.6. The summed E-state index contributed by atoms with van der Waals surface area (Å²) in [6, 6.07) is 3.08. The minimum Gasteiger partial charge on any atom is -0.481 e. The first-order valence-corrected chi connectivity index (χ1v) is 8.14. The number of nitrogens with zero attached hydrogens (tertiary/aromatic N) is 1. The van der Waals surface area contributed by atoms with Gasteiger partial charge in [-0.25, -0.2) is 0 Å². The molecule has 0 bridgehead atoms. The number of carboxylic acids is 1. The lowest BCUT2D eigenvalue weighted by molar-refractivity contribution is -0.137. The van der Waals surface area contributed by atoms with Crippen LogP contribution in [0, 0.1) is 0 Å². The number of carbonyl (C=O) groups is 2. The maximum atomic E-state index is 12.8. The van der Waals surface area contributed by atoms with E-state index >= 15 is 0 Å². The van der Waals surface area contributed by atoms with Crippen LogP contribution in [0.4, 0.5) is 0 Å². The van der Waals surface area contributed by atoms with Crippen LogP contribution in [0.2, 0.25) is 5.02 Å². The zero-order valence-electron chi connectivity index (χ0n) is 13.0. The minimum absolute atomic E-state index is 0.0609. The molecular weight excluding hydrogens is 338 g/mol. The third-order valence-corrected chi connectivity index (χ3v) is 4.29. The summed E-state index contributed by atoms with van der Waals surface area (Å²) in [7, 11) is 0. The van der Waals surface area contributed by atoms with Crippen LogP contribution in [0.25, 0.3) is 0 Å². The standard InChI is InChI=1S/C16H18ClNO6/c17-12-6-10(7-13-15(12)24-9-23-13)16(21)18(4-3-14(19)20)8-11-2-1-5-22-11/h6-7,11H,1-5,8-9H2,(H,19,20)/t11-/m1/s1. The van der Waals surface area contributed by atoms with Gasteiger partial charge >= 0.3 is 5.97 Å². The number of aliphatic carboxylic acids is 1. The van der Waals surface area contributed by atoms with Gasteiger partial charge in [0.1, 0.15) is 0 Å². The van der Waals surface area contributed by atoms with Gasteiger partial charge in [-0.3, -0.25) is 9.59 Å². The predicted molar refractivity (Wildman–Crippen MR) is 84.7 cm³/mol. The van der Waals surface area contributed by atoms with E-state index in [2.05, 4.69) is 0 Å². The number of hydrogen-bond donors (Lipinski definition) is 1. The van der Waals surface area contributed by atoms with Gasteiger partial charge in [-0.15, -0.1) is 0 Å². The SMILES string of the molecule is O=C(O)CCN(C[C@H]1CCCO1)C(=O)c1cc(Cl)c2c(c1)OCO2. The van der Waals surface area contributed by atoms with E-state index in [1.54, 1.807) is 6.07 Å². The Bertz CT molecular complexity index is 644. The molecule has 130 valence electrons. The fourth-order valence-electron chi connectivity index (χ4n) is 2.81. The molecule has 1 aromatic rings. The van der Waals surface area contributed by atoms with E-state index in [1.807, 2.05) is 0 Å². The first-order valence-electron chi connectivity index (χ1n) is 7.76. The van der Waals surface area contributed by atoms with Crippen molar-refractivity contribution < 1.29 is 28.9 Å². The zero-order chi connectivity index (χ0) is 17.1. The summed E-state index contributed by atoms with van der Waals surface area (Å²) >= 11 is 6.13. The van der Waals surface area contributed by atoms with Crippen molar-refractivity contribution in [3.8, 4) is 11.5 Å². The molecule has 0 aliphatic carbocycles. The second-order valence-electron chi connectivity index (χ2n) is 5.72. The van der Waals surface area contributed by atoms with Crippen molar-refractivity contribution in [1.82, 2.24) is 4.90 Å². The maximum Gasteiger partial charge on any atom is 0.305 e. The highest BCUT2D eigenvalue weighted by atomic mass is 35.5. The lowest BCUT2D eigenvalue weighted by Crippen LogP contribution is -2.38. The van der Waals surface area contributed by atoms with Crippen LogP contribution in [-0.2, 0) is 9.53 Å². The van der Waals surface area contributed by atoms with Gasteiger partial charge in [0.15, 0.2) is 11.5 Å². The summed E-state index contributed by atoms with van der Waals surface area (Å²) in [6.07, 6.45) is 1.61. The van der Waals surface area contributed by atoms with Crippen LogP contribution in [0.15, 0.2) is 12.1 Å². The molecule has 0 saturated carbocycles. The monoisotopic (exact) mass is 355 g/mol. The Balaban J connectivity index is 1.78. The molecule has 2 aliphatic rings. The fraction of sp³-hybridized carbons (Fsp3) is 0.500. The maximum absolute atomic E-state index is 12.8. The Morgan fingerprint density at radius 3 is 2.88 bits per heavy atom. The van der Waals surface area contributed by atoms with Gasteiger partial charge in [0.25, 0.3) is 5.91 Å². The van der Waals surface area contributed by atoms with Gasteiger partial charge in [-0.1, -0.05) is 11.6 Å². The molecule has 0 aromatic heterocycles. The smallest absolute Gasteiger partial charge is 0.305 e. The molecule has 2 heterocycles. The molecule has 0 unspecified atom stereocenters. The van der Waals surface area contributed by atoms with Crippen LogP contribution in [0.3, 0.4) is 0 Å². The van der Waals surface area contributed by atoms with Gasteiger partial charge in [-0.05, 0) is 25.0 Å². The fourth-order valence-corrected chi connectivity index (χ4v) is 3.08. The molecule has 1 aromatic carbocycles. The number of carboxylic acid groups (broad SMARTS) is 1. The van der Waals surface area contributed by atoms with Gasteiger partial charge in [-0.2, -0.15) is 0 Å². The molecule has 1 saturated heterocycles. The second kappa shape index (κ2) is 7.27. The summed E-state index contributed by atoms with van der Waals surface area (Å²) in [5, 5.41) is 9.21. The average Bonchev–Trinajstić information content (AvgIpc) is 3.21. The molecule has 2 aliphatic heterocycles. The highest BCUT2D eigenvalue weighted by Gasteiger charge is 2.26. The number of amides is 1. The van der Waals surface area contributed by atoms with Crippen molar-refractivity contribution in [2.75, 3.05) is 26.5 Å². The van der Waals surface area contributed by atoms with Crippen LogP contribution in [0.5, 0.6) is 11.5 Å². The Hall–Kier alpha value is -1.99. The summed E-state index contributed by atoms with van der Waals surface area (Å²) in [6.45, 7) is 1.20. The van der Waals surface area contributed by atoms with Gasteiger partial charge in [0, 0.05) is 25.3 Å². The van der Waals surface area contributed by atoms with E-state index in [1.165, 1.54) is 11.0 Å². The Morgan fingerprint density at radius 2 is 2.17 bits per heavy atom. The lowest BCUT2D eigenvalue weighted by Gasteiger charge is -2.25. The van der Waals surface area contributed by atoms with Crippen molar-refractivity contribution >= 4 is 23.5 Å². The summed E-state index contributed by atoms with van der Waals surface area (Å²) in [5.74, 6) is -0.415.